The van der Waals surface area contributed by atoms with Gasteiger partial charge >= 0.3 is 6.09 Å². The molecule has 0 aliphatic carbocycles. The number of amides is 2. The van der Waals surface area contributed by atoms with E-state index < -0.39 is 17.6 Å². The highest BCUT2D eigenvalue weighted by Crippen LogP contribution is 2.14. The molecule has 1 aromatic rings. The van der Waals surface area contributed by atoms with Crippen LogP contribution in [0, 0.1) is 0 Å². The minimum absolute atomic E-state index is 0.238. The van der Waals surface area contributed by atoms with Crippen LogP contribution < -0.4 is 0 Å². The highest BCUT2D eigenvalue weighted by Gasteiger charge is 2.27. The van der Waals surface area contributed by atoms with Crippen molar-refractivity contribution in [3.63, 3.8) is 0 Å². The van der Waals surface area contributed by atoms with E-state index in [1.807, 2.05) is 0 Å². The maximum atomic E-state index is 12.5. The van der Waals surface area contributed by atoms with Crippen LogP contribution in [-0.4, -0.2) is 47.5 Å². The van der Waals surface area contributed by atoms with E-state index in [9.17, 15) is 14.4 Å². The molecule has 0 radical (unpaired) electrons. The lowest BCUT2D eigenvalue weighted by Gasteiger charge is -2.32. The van der Waals surface area contributed by atoms with Gasteiger partial charge in [0.05, 0.1) is 5.56 Å². The fourth-order valence-corrected chi connectivity index (χ4v) is 1.86. The Hall–Kier alpha value is -2.37. The number of aldehydes is 1. The molecule has 0 atom stereocenters. The van der Waals surface area contributed by atoms with E-state index in [0.29, 0.717) is 6.29 Å². The molecule has 0 bridgehead atoms. The fourth-order valence-electron chi connectivity index (χ4n) is 1.86. The summed E-state index contributed by atoms with van der Waals surface area (Å²) in [6, 6.07) is 6.44. The molecular weight excluding hydrogens is 284 g/mol. The predicted octanol–water partition coefficient (Wildman–Crippen LogP) is 2.74. The molecule has 1 rings (SSSR count). The number of ether oxygens (including phenoxy) is 1. The van der Waals surface area contributed by atoms with Crippen molar-refractivity contribution in [3.8, 4) is 0 Å². The summed E-state index contributed by atoms with van der Waals surface area (Å²) in [5.74, 6) is -0.449. The van der Waals surface area contributed by atoms with Crippen molar-refractivity contribution in [2.24, 2.45) is 0 Å². The molecular formula is C16H22N2O4. The van der Waals surface area contributed by atoms with Crippen LogP contribution in [0.3, 0.4) is 0 Å². The first-order valence-corrected chi connectivity index (χ1v) is 7.04. The summed E-state index contributed by atoms with van der Waals surface area (Å²) in [6.45, 7) is 7.26. The molecule has 0 unspecified atom stereocenters. The Labute approximate surface area is 130 Å². The molecule has 2 amide bonds. The van der Waals surface area contributed by atoms with E-state index in [-0.39, 0.29) is 17.7 Å². The second-order valence-electron chi connectivity index (χ2n) is 5.73. The van der Waals surface area contributed by atoms with Crippen LogP contribution in [0.1, 0.15) is 48.4 Å². The van der Waals surface area contributed by atoms with Gasteiger partial charge in [0.25, 0.3) is 5.91 Å². The van der Waals surface area contributed by atoms with Crippen LogP contribution in [-0.2, 0) is 4.74 Å². The monoisotopic (exact) mass is 306 g/mol. The quantitative estimate of drug-likeness (QED) is 0.636. The summed E-state index contributed by atoms with van der Waals surface area (Å²) < 4.78 is 5.28. The first-order valence-electron chi connectivity index (χ1n) is 7.04. The molecule has 22 heavy (non-hydrogen) atoms. The zero-order valence-electron chi connectivity index (χ0n) is 13.6. The topological polar surface area (TPSA) is 66.9 Å². The van der Waals surface area contributed by atoms with Crippen molar-refractivity contribution in [2.75, 3.05) is 13.6 Å². The van der Waals surface area contributed by atoms with Crippen LogP contribution in [0.15, 0.2) is 24.3 Å². The number of hydrazine groups is 1. The van der Waals surface area contributed by atoms with Crippen LogP contribution in [0.4, 0.5) is 4.79 Å². The van der Waals surface area contributed by atoms with E-state index >= 15 is 0 Å². The van der Waals surface area contributed by atoms with Crippen molar-refractivity contribution in [2.45, 2.75) is 33.3 Å². The van der Waals surface area contributed by atoms with Crippen molar-refractivity contribution in [1.82, 2.24) is 10.0 Å². The lowest BCUT2D eigenvalue weighted by atomic mass is 10.1. The van der Waals surface area contributed by atoms with Crippen LogP contribution >= 0.6 is 0 Å². The number of hydrogen-bond acceptors (Lipinski definition) is 4. The van der Waals surface area contributed by atoms with Gasteiger partial charge in [0.2, 0.25) is 0 Å². The molecule has 6 nitrogen and oxygen atoms in total. The zero-order chi connectivity index (χ0) is 16.9. The predicted molar refractivity (Wildman–Crippen MR) is 82.5 cm³/mol. The Morgan fingerprint density at radius 1 is 1.23 bits per heavy atom. The van der Waals surface area contributed by atoms with Gasteiger partial charge in [0, 0.05) is 19.2 Å². The lowest BCUT2D eigenvalue weighted by molar-refractivity contribution is -0.0278. The maximum Gasteiger partial charge on any atom is 0.429 e. The molecule has 0 aliphatic heterocycles. The Kier molecular flexibility index (Phi) is 5.68. The first kappa shape index (κ1) is 17.7. The van der Waals surface area contributed by atoms with Gasteiger partial charge < -0.3 is 4.74 Å². The fraction of sp³-hybridized carbons (Fsp3) is 0.438. The summed E-state index contributed by atoms with van der Waals surface area (Å²) in [5, 5.41) is 2.35. The van der Waals surface area contributed by atoms with E-state index in [1.165, 1.54) is 12.1 Å². The Morgan fingerprint density at radius 3 is 2.32 bits per heavy atom. The number of nitrogens with zero attached hydrogens (tertiary/aromatic N) is 2. The zero-order valence-corrected chi connectivity index (χ0v) is 13.6. The smallest absolute Gasteiger partial charge is 0.429 e. The SMILES string of the molecule is CCN(C(=O)OC(C)(C)C)N(C)C(=O)c1ccccc1C=O. The van der Waals surface area contributed by atoms with Gasteiger partial charge in [-0.3, -0.25) is 9.59 Å². The molecule has 0 N–H and O–H groups in total. The highest BCUT2D eigenvalue weighted by molar-refractivity contribution is 6.01. The van der Waals surface area contributed by atoms with E-state index in [1.54, 1.807) is 52.0 Å². The molecule has 0 saturated heterocycles. The van der Waals surface area contributed by atoms with Crippen LogP contribution in [0.2, 0.25) is 0 Å². The normalized spacial score (nSPS) is 10.8. The minimum Gasteiger partial charge on any atom is -0.442 e. The summed E-state index contributed by atoms with van der Waals surface area (Å²) in [7, 11) is 1.47. The van der Waals surface area contributed by atoms with Crippen molar-refractivity contribution in [1.29, 1.82) is 0 Å². The van der Waals surface area contributed by atoms with Crippen LogP contribution in [0.25, 0.3) is 0 Å². The van der Waals surface area contributed by atoms with Gasteiger partial charge in [-0.25, -0.2) is 14.8 Å². The van der Waals surface area contributed by atoms with E-state index in [2.05, 4.69) is 0 Å². The Morgan fingerprint density at radius 2 is 1.82 bits per heavy atom. The third-order valence-electron chi connectivity index (χ3n) is 2.88. The second kappa shape index (κ2) is 7.06. The minimum atomic E-state index is -0.658. The molecule has 0 saturated carbocycles. The van der Waals surface area contributed by atoms with Crippen molar-refractivity contribution >= 4 is 18.3 Å². The summed E-state index contributed by atoms with van der Waals surface area (Å²) in [4.78, 5) is 35.7. The average Bonchev–Trinajstić information content (AvgIpc) is 2.45. The maximum absolute atomic E-state index is 12.5. The third-order valence-corrected chi connectivity index (χ3v) is 2.88. The third kappa shape index (κ3) is 4.31. The van der Waals surface area contributed by atoms with E-state index in [0.717, 1.165) is 5.01 Å². The largest absolute Gasteiger partial charge is 0.442 e. The summed E-state index contributed by atoms with van der Waals surface area (Å²) in [6.07, 6.45) is -0.000357. The number of carbonyl (C=O) groups excluding carboxylic acids is 3. The van der Waals surface area contributed by atoms with Gasteiger partial charge in [-0.2, -0.15) is 0 Å². The molecule has 1 aromatic carbocycles. The molecule has 120 valence electrons. The molecule has 0 aliphatic rings. The molecule has 6 heteroatoms. The van der Waals surface area contributed by atoms with E-state index in [4.69, 9.17) is 4.74 Å². The van der Waals surface area contributed by atoms with Crippen LogP contribution in [0.5, 0.6) is 0 Å². The van der Waals surface area contributed by atoms with Crippen molar-refractivity contribution in [3.05, 3.63) is 35.4 Å². The molecule has 0 aromatic heterocycles. The second-order valence-corrected chi connectivity index (χ2v) is 5.73. The molecule has 0 fully saturated rings. The summed E-state index contributed by atoms with van der Waals surface area (Å²) in [5.41, 5.74) is -0.142. The molecule has 0 heterocycles. The average molecular weight is 306 g/mol. The number of rotatable bonds is 3. The van der Waals surface area contributed by atoms with Crippen molar-refractivity contribution < 1.29 is 19.1 Å². The Bertz CT molecular complexity index is 564. The highest BCUT2D eigenvalue weighted by atomic mass is 16.6. The first-order chi connectivity index (χ1) is 10.2. The number of benzene rings is 1. The standard InChI is InChI=1S/C16H22N2O4/c1-6-18(15(21)22-16(2,3)4)17(5)14(20)13-10-8-7-9-12(13)11-19/h7-11H,6H2,1-5H3. The van der Waals surface area contributed by atoms with Gasteiger partial charge in [0.15, 0.2) is 6.29 Å². The van der Waals surface area contributed by atoms with Gasteiger partial charge in [-0.1, -0.05) is 18.2 Å². The lowest BCUT2D eigenvalue weighted by Crippen LogP contribution is -2.49. The van der Waals surface area contributed by atoms with Gasteiger partial charge in [-0.05, 0) is 33.8 Å². The Balaban J connectivity index is 3.01. The number of carbonyl (C=O) groups is 3. The summed E-state index contributed by atoms with van der Waals surface area (Å²) >= 11 is 0. The van der Waals surface area contributed by atoms with Gasteiger partial charge in [-0.15, -0.1) is 0 Å². The van der Waals surface area contributed by atoms with Gasteiger partial charge in [0.1, 0.15) is 5.60 Å². The number of hydrogen-bond donors (Lipinski definition) is 0. The molecule has 0 spiro atoms.